The number of nitrogens with zero attached hydrogens (tertiary/aromatic N) is 2. The lowest BCUT2D eigenvalue weighted by molar-refractivity contribution is 0.0943. The number of carbonyl (C=O) groups is 1. The summed E-state index contributed by atoms with van der Waals surface area (Å²) in [7, 11) is 0. The molecule has 4 heteroatoms. The molecule has 4 rings (SSSR count). The molecule has 0 spiro atoms. The highest BCUT2D eigenvalue weighted by Gasteiger charge is 2.53. The second-order valence-electron chi connectivity index (χ2n) is 6.37. The Hall–Kier alpha value is -2.67. The summed E-state index contributed by atoms with van der Waals surface area (Å²) in [6.45, 7) is 1.75. The SMILES string of the molecule is Cc1nc(C(=O)N[C@@H]2[C@@H]3CCc4ccccc4[C@@H]32)ccc1C#N. The maximum atomic E-state index is 12.4. The molecule has 0 aliphatic heterocycles. The summed E-state index contributed by atoms with van der Waals surface area (Å²) in [6.07, 6.45) is 2.23. The van der Waals surface area contributed by atoms with Gasteiger partial charge in [-0.3, -0.25) is 4.79 Å². The van der Waals surface area contributed by atoms with Crippen LogP contribution in [0.4, 0.5) is 0 Å². The van der Waals surface area contributed by atoms with Crippen molar-refractivity contribution in [2.24, 2.45) is 5.92 Å². The standard InChI is InChI=1S/C19H17N3O/c1-11-13(10-20)7-9-16(21-11)19(23)22-18-15-8-6-12-4-2-3-5-14(12)17(15)18/h2-5,7,9,15,17-18H,6,8H2,1H3,(H,22,23)/t15-,17+,18-/m1/s1. The van der Waals surface area contributed by atoms with E-state index in [0.717, 1.165) is 12.8 Å². The first-order valence-corrected chi connectivity index (χ1v) is 7.95. The van der Waals surface area contributed by atoms with Gasteiger partial charge in [-0.15, -0.1) is 0 Å². The molecule has 4 nitrogen and oxygen atoms in total. The fourth-order valence-electron chi connectivity index (χ4n) is 3.79. The van der Waals surface area contributed by atoms with Crippen molar-refractivity contribution < 1.29 is 4.79 Å². The predicted octanol–water partition coefficient (Wildman–Crippen LogP) is 2.72. The number of carbonyl (C=O) groups excluding carboxylic acids is 1. The van der Waals surface area contributed by atoms with Crippen molar-refractivity contribution in [3.63, 3.8) is 0 Å². The minimum absolute atomic E-state index is 0.144. The van der Waals surface area contributed by atoms with Crippen LogP contribution in [-0.2, 0) is 6.42 Å². The molecule has 1 aromatic heterocycles. The van der Waals surface area contributed by atoms with E-state index in [0.29, 0.717) is 28.8 Å². The van der Waals surface area contributed by atoms with Crippen LogP contribution in [0.15, 0.2) is 36.4 Å². The number of rotatable bonds is 2. The fourth-order valence-corrected chi connectivity index (χ4v) is 3.79. The smallest absolute Gasteiger partial charge is 0.270 e. The number of aromatic nitrogens is 1. The molecule has 1 saturated carbocycles. The van der Waals surface area contributed by atoms with Gasteiger partial charge in [0, 0.05) is 12.0 Å². The van der Waals surface area contributed by atoms with Crippen molar-refractivity contribution in [3.8, 4) is 6.07 Å². The van der Waals surface area contributed by atoms with Gasteiger partial charge in [-0.2, -0.15) is 5.26 Å². The first-order chi connectivity index (χ1) is 11.2. The minimum atomic E-state index is -0.144. The number of nitrogens with one attached hydrogen (secondary N) is 1. The van der Waals surface area contributed by atoms with E-state index < -0.39 is 0 Å². The number of pyridine rings is 1. The lowest BCUT2D eigenvalue weighted by atomic mass is 9.92. The molecule has 2 aromatic rings. The zero-order valence-corrected chi connectivity index (χ0v) is 12.9. The number of fused-ring (bicyclic) bond motifs is 3. The zero-order valence-electron chi connectivity index (χ0n) is 12.9. The average Bonchev–Trinajstić information content (AvgIpc) is 3.28. The van der Waals surface area contributed by atoms with Crippen LogP contribution in [0.1, 0.15) is 45.2 Å². The summed E-state index contributed by atoms with van der Waals surface area (Å²) >= 11 is 0. The number of hydrogen-bond donors (Lipinski definition) is 1. The van der Waals surface area contributed by atoms with Crippen molar-refractivity contribution >= 4 is 5.91 Å². The van der Waals surface area contributed by atoms with E-state index in [1.807, 2.05) is 0 Å². The van der Waals surface area contributed by atoms with E-state index in [9.17, 15) is 4.79 Å². The van der Waals surface area contributed by atoms with Crippen molar-refractivity contribution in [2.75, 3.05) is 0 Å². The van der Waals surface area contributed by atoms with E-state index in [1.165, 1.54) is 11.1 Å². The largest absolute Gasteiger partial charge is 0.347 e. The Morgan fingerprint density at radius 2 is 2.13 bits per heavy atom. The van der Waals surface area contributed by atoms with Crippen LogP contribution in [0.2, 0.25) is 0 Å². The Kier molecular flexibility index (Phi) is 3.16. The quantitative estimate of drug-likeness (QED) is 0.927. The maximum absolute atomic E-state index is 12.4. The number of amides is 1. The molecule has 0 bridgehead atoms. The maximum Gasteiger partial charge on any atom is 0.270 e. The van der Waals surface area contributed by atoms with E-state index in [1.54, 1.807) is 19.1 Å². The lowest BCUT2D eigenvalue weighted by Crippen LogP contribution is -2.28. The summed E-state index contributed by atoms with van der Waals surface area (Å²) in [5.41, 5.74) is 4.29. The summed E-state index contributed by atoms with van der Waals surface area (Å²) in [4.78, 5) is 16.7. The Balaban J connectivity index is 1.51. The van der Waals surface area contributed by atoms with Crippen LogP contribution in [0.5, 0.6) is 0 Å². The van der Waals surface area contributed by atoms with Gasteiger partial charge < -0.3 is 5.32 Å². The third-order valence-corrected chi connectivity index (χ3v) is 5.07. The van der Waals surface area contributed by atoms with E-state index in [-0.39, 0.29) is 11.9 Å². The number of benzene rings is 1. The average molecular weight is 303 g/mol. The van der Waals surface area contributed by atoms with Gasteiger partial charge >= 0.3 is 0 Å². The fraction of sp³-hybridized carbons (Fsp3) is 0.316. The van der Waals surface area contributed by atoms with E-state index in [4.69, 9.17) is 5.26 Å². The van der Waals surface area contributed by atoms with Gasteiger partial charge in [0.05, 0.1) is 11.3 Å². The molecular weight excluding hydrogens is 286 g/mol. The summed E-state index contributed by atoms with van der Waals surface area (Å²) < 4.78 is 0. The van der Waals surface area contributed by atoms with Crippen LogP contribution in [0.3, 0.4) is 0 Å². The Bertz CT molecular complexity index is 837. The van der Waals surface area contributed by atoms with E-state index in [2.05, 4.69) is 40.6 Å². The summed E-state index contributed by atoms with van der Waals surface area (Å²) in [6, 6.07) is 14.1. The van der Waals surface area contributed by atoms with Gasteiger partial charge in [-0.25, -0.2) is 4.98 Å². The highest BCUT2D eigenvalue weighted by molar-refractivity contribution is 5.93. The lowest BCUT2D eigenvalue weighted by Gasteiger charge is -2.13. The number of aryl methyl sites for hydroxylation is 2. The third kappa shape index (κ3) is 2.29. The summed E-state index contributed by atoms with van der Waals surface area (Å²) in [5.74, 6) is 0.853. The number of nitriles is 1. The molecular formula is C19H17N3O. The second kappa shape index (κ2) is 5.20. The summed E-state index contributed by atoms with van der Waals surface area (Å²) in [5, 5.41) is 12.1. The van der Waals surface area contributed by atoms with Crippen molar-refractivity contribution in [3.05, 3.63) is 64.5 Å². The molecule has 0 saturated heterocycles. The van der Waals surface area contributed by atoms with Gasteiger partial charge in [0.1, 0.15) is 11.8 Å². The Morgan fingerprint density at radius 1 is 1.30 bits per heavy atom. The number of hydrogen-bond acceptors (Lipinski definition) is 3. The van der Waals surface area contributed by atoms with Gasteiger partial charge in [0.15, 0.2) is 0 Å². The van der Waals surface area contributed by atoms with Crippen molar-refractivity contribution in [1.82, 2.24) is 10.3 Å². The zero-order chi connectivity index (χ0) is 16.0. The molecule has 114 valence electrons. The monoisotopic (exact) mass is 303 g/mol. The van der Waals surface area contributed by atoms with E-state index >= 15 is 0 Å². The Labute approximate surface area is 135 Å². The molecule has 0 unspecified atom stereocenters. The van der Waals surface area contributed by atoms with Gasteiger partial charge in [0.2, 0.25) is 0 Å². The van der Waals surface area contributed by atoms with Crippen LogP contribution in [0.25, 0.3) is 0 Å². The molecule has 1 amide bonds. The third-order valence-electron chi connectivity index (χ3n) is 5.07. The van der Waals surface area contributed by atoms with Crippen molar-refractivity contribution in [1.29, 1.82) is 5.26 Å². The van der Waals surface area contributed by atoms with Gasteiger partial charge in [0.25, 0.3) is 5.91 Å². The van der Waals surface area contributed by atoms with Crippen molar-refractivity contribution in [2.45, 2.75) is 31.7 Å². The molecule has 1 aromatic carbocycles. The van der Waals surface area contributed by atoms with Crippen LogP contribution >= 0.6 is 0 Å². The van der Waals surface area contributed by atoms with Gasteiger partial charge in [-0.1, -0.05) is 24.3 Å². The molecule has 2 aliphatic carbocycles. The van der Waals surface area contributed by atoms with Crippen LogP contribution in [0, 0.1) is 24.2 Å². The first-order valence-electron chi connectivity index (χ1n) is 7.95. The second-order valence-corrected chi connectivity index (χ2v) is 6.37. The molecule has 1 fully saturated rings. The minimum Gasteiger partial charge on any atom is -0.347 e. The first kappa shape index (κ1) is 14.0. The predicted molar refractivity (Wildman–Crippen MR) is 85.9 cm³/mol. The van der Waals surface area contributed by atoms with Gasteiger partial charge in [-0.05, 0) is 48.9 Å². The highest BCUT2D eigenvalue weighted by Crippen LogP contribution is 2.54. The molecule has 3 atom stereocenters. The molecule has 1 heterocycles. The molecule has 1 N–H and O–H groups in total. The topological polar surface area (TPSA) is 65.8 Å². The molecule has 2 aliphatic rings. The Morgan fingerprint density at radius 3 is 2.91 bits per heavy atom. The molecule has 0 radical (unpaired) electrons. The van der Waals surface area contributed by atoms with Crippen LogP contribution in [-0.4, -0.2) is 16.9 Å². The highest BCUT2D eigenvalue weighted by atomic mass is 16.2. The van der Waals surface area contributed by atoms with Crippen LogP contribution < -0.4 is 5.32 Å². The normalized spacial score (nSPS) is 24.1. The molecule has 23 heavy (non-hydrogen) atoms.